The Bertz CT molecular complexity index is 937. The van der Waals surface area contributed by atoms with E-state index in [4.69, 9.17) is 4.74 Å². The summed E-state index contributed by atoms with van der Waals surface area (Å²) in [5.41, 5.74) is 3.42. The highest BCUT2D eigenvalue weighted by molar-refractivity contribution is 5.89. The number of carbonyl (C=O) groups is 1. The molecular weight excluding hydrogens is 342 g/mol. The Kier molecular flexibility index (Phi) is 5.18. The average molecular weight is 365 g/mol. The summed E-state index contributed by atoms with van der Waals surface area (Å²) in [4.78, 5) is 18.3. The summed E-state index contributed by atoms with van der Waals surface area (Å²) >= 11 is 0. The number of rotatable bonds is 5. The van der Waals surface area contributed by atoms with Gasteiger partial charge < -0.3 is 14.2 Å². The van der Waals surface area contributed by atoms with E-state index in [2.05, 4.69) is 20.4 Å². The van der Waals surface area contributed by atoms with E-state index in [0.29, 0.717) is 31.2 Å². The predicted octanol–water partition coefficient (Wildman–Crippen LogP) is 2.72. The molecule has 1 N–H and O–H groups in total. The summed E-state index contributed by atoms with van der Waals surface area (Å²) < 4.78 is 7.91. The molecule has 1 saturated heterocycles. The number of aromatic nitrogens is 2. The Hall–Kier alpha value is -2.70. The van der Waals surface area contributed by atoms with Gasteiger partial charge in [0, 0.05) is 44.1 Å². The van der Waals surface area contributed by atoms with E-state index in [1.54, 1.807) is 12.1 Å². The average Bonchev–Trinajstić information content (AvgIpc) is 3.05. The lowest BCUT2D eigenvalue weighted by Crippen LogP contribution is -2.31. The second-order valence-electron chi connectivity index (χ2n) is 7.02. The molecule has 3 heterocycles. The normalized spacial score (nSPS) is 18.4. The lowest BCUT2D eigenvalue weighted by atomic mass is 10.0. The van der Waals surface area contributed by atoms with Crippen molar-refractivity contribution in [3.05, 3.63) is 71.8 Å². The van der Waals surface area contributed by atoms with Crippen LogP contribution in [0.2, 0.25) is 0 Å². The third-order valence-electron chi connectivity index (χ3n) is 5.08. The second kappa shape index (κ2) is 7.90. The fraction of sp³-hybridized carbons (Fsp3) is 0.333. The van der Waals surface area contributed by atoms with Crippen LogP contribution < -0.4 is 0 Å². The predicted molar refractivity (Wildman–Crippen MR) is 102 cm³/mol. The molecule has 2 aromatic heterocycles. The van der Waals surface area contributed by atoms with Crippen LogP contribution in [0.5, 0.6) is 0 Å². The van der Waals surface area contributed by atoms with E-state index in [1.165, 1.54) is 0 Å². The molecule has 0 saturated carbocycles. The number of ether oxygens (including phenoxy) is 1. The first-order valence-corrected chi connectivity index (χ1v) is 9.22. The lowest BCUT2D eigenvalue weighted by Gasteiger charge is -2.24. The molecule has 27 heavy (non-hydrogen) atoms. The molecule has 0 amide bonds. The van der Waals surface area contributed by atoms with Gasteiger partial charge in [-0.3, -0.25) is 9.88 Å². The summed E-state index contributed by atoms with van der Waals surface area (Å²) in [6.07, 6.45) is 6.66. The summed E-state index contributed by atoms with van der Waals surface area (Å²) in [5, 5.41) is 9.42. The van der Waals surface area contributed by atoms with Gasteiger partial charge in [-0.25, -0.2) is 4.79 Å². The minimum atomic E-state index is -0.877. The maximum Gasteiger partial charge on any atom is 0.336 e. The van der Waals surface area contributed by atoms with Gasteiger partial charge in [-0.1, -0.05) is 18.2 Å². The van der Waals surface area contributed by atoms with Gasteiger partial charge in [0.2, 0.25) is 0 Å². The molecule has 140 valence electrons. The second-order valence-corrected chi connectivity index (χ2v) is 7.02. The van der Waals surface area contributed by atoms with Crippen LogP contribution in [0.4, 0.5) is 0 Å². The number of aromatic carboxylic acids is 1. The number of hydrogen-bond donors (Lipinski definition) is 1. The van der Waals surface area contributed by atoms with E-state index < -0.39 is 5.97 Å². The molecule has 1 aliphatic rings. The highest BCUT2D eigenvalue weighted by atomic mass is 16.5. The first-order valence-electron chi connectivity index (χ1n) is 9.22. The fourth-order valence-corrected chi connectivity index (χ4v) is 3.79. The van der Waals surface area contributed by atoms with Crippen LogP contribution in [0.3, 0.4) is 0 Å². The molecule has 0 spiro atoms. The number of benzene rings is 1. The van der Waals surface area contributed by atoms with Crippen molar-refractivity contribution in [3.8, 4) is 0 Å². The maximum atomic E-state index is 11.5. The summed E-state index contributed by atoms with van der Waals surface area (Å²) in [6, 6.07) is 11.3. The van der Waals surface area contributed by atoms with E-state index in [0.717, 1.165) is 36.3 Å². The van der Waals surface area contributed by atoms with Crippen LogP contribution >= 0.6 is 0 Å². The zero-order valence-electron chi connectivity index (χ0n) is 15.1. The zero-order valence-corrected chi connectivity index (χ0v) is 15.1. The van der Waals surface area contributed by atoms with Crippen molar-refractivity contribution in [2.45, 2.75) is 13.0 Å². The van der Waals surface area contributed by atoms with Gasteiger partial charge in [0.05, 0.1) is 30.0 Å². The van der Waals surface area contributed by atoms with Crippen molar-refractivity contribution in [1.82, 2.24) is 14.3 Å². The molecule has 1 atom stereocenters. The highest BCUT2D eigenvalue weighted by Gasteiger charge is 2.22. The molecule has 0 bridgehead atoms. The molecule has 4 rings (SSSR count). The van der Waals surface area contributed by atoms with Crippen molar-refractivity contribution in [3.63, 3.8) is 0 Å². The van der Waals surface area contributed by atoms with E-state index in [1.807, 2.05) is 36.8 Å². The first-order chi connectivity index (χ1) is 13.2. The first kappa shape index (κ1) is 17.7. The van der Waals surface area contributed by atoms with Gasteiger partial charge in [-0.2, -0.15) is 0 Å². The molecule has 0 radical (unpaired) electrons. The number of fused-ring (bicyclic) bond motifs is 1. The van der Waals surface area contributed by atoms with Gasteiger partial charge in [-0.15, -0.1) is 0 Å². The number of carboxylic acids is 1. The van der Waals surface area contributed by atoms with Crippen LogP contribution in [0.25, 0.3) is 5.52 Å². The third kappa shape index (κ3) is 4.02. The molecule has 6 heteroatoms. The Morgan fingerprint density at radius 1 is 1.22 bits per heavy atom. The topological polar surface area (TPSA) is 67.1 Å². The minimum absolute atomic E-state index is 0.318. The van der Waals surface area contributed by atoms with E-state index in [-0.39, 0.29) is 0 Å². The Morgan fingerprint density at radius 2 is 2.11 bits per heavy atom. The SMILES string of the molecule is O=C(O)c1ccccc1CN1CCOC[C@@H](Cc2nccn3cccc23)C1. The van der Waals surface area contributed by atoms with E-state index >= 15 is 0 Å². The van der Waals surface area contributed by atoms with Gasteiger partial charge in [0.15, 0.2) is 0 Å². The van der Waals surface area contributed by atoms with E-state index in [9.17, 15) is 9.90 Å². The smallest absolute Gasteiger partial charge is 0.336 e. The molecule has 6 nitrogen and oxygen atoms in total. The van der Waals surface area contributed by atoms with Crippen LogP contribution in [0.15, 0.2) is 55.0 Å². The monoisotopic (exact) mass is 365 g/mol. The Balaban J connectivity index is 1.50. The molecule has 1 fully saturated rings. The van der Waals surface area contributed by atoms with Crippen LogP contribution in [0.1, 0.15) is 21.6 Å². The Morgan fingerprint density at radius 3 is 3.00 bits per heavy atom. The molecule has 1 aromatic carbocycles. The summed E-state index contributed by atoms with van der Waals surface area (Å²) in [6.45, 7) is 3.63. The van der Waals surface area contributed by atoms with Crippen molar-refractivity contribution >= 4 is 11.5 Å². The van der Waals surface area contributed by atoms with Crippen LogP contribution in [0, 0.1) is 5.92 Å². The molecule has 1 aliphatic heterocycles. The van der Waals surface area contributed by atoms with Gasteiger partial charge >= 0.3 is 5.97 Å². The standard InChI is InChI=1S/C21H23N3O3/c25-21(26)18-5-2-1-4-17(18)14-23-10-11-27-15-16(13-23)12-19-20-6-3-8-24(20)9-7-22-19/h1-9,16H,10-15H2,(H,25,26)/t16-/m0/s1. The maximum absolute atomic E-state index is 11.5. The van der Waals surface area contributed by atoms with Crippen molar-refractivity contribution in [2.75, 3.05) is 26.3 Å². The molecule has 3 aromatic rings. The number of carboxylic acid groups (broad SMARTS) is 1. The number of hydrogen-bond acceptors (Lipinski definition) is 4. The van der Waals surface area contributed by atoms with Gasteiger partial charge in [0.25, 0.3) is 0 Å². The van der Waals surface area contributed by atoms with Gasteiger partial charge in [0.1, 0.15) is 0 Å². The number of nitrogens with zero attached hydrogens (tertiary/aromatic N) is 3. The molecule has 0 aliphatic carbocycles. The zero-order chi connectivity index (χ0) is 18.6. The molecular formula is C21H23N3O3. The summed E-state index contributed by atoms with van der Waals surface area (Å²) in [7, 11) is 0. The fourth-order valence-electron chi connectivity index (χ4n) is 3.79. The summed E-state index contributed by atoms with van der Waals surface area (Å²) in [5.74, 6) is -0.560. The highest BCUT2D eigenvalue weighted by Crippen LogP contribution is 2.19. The third-order valence-corrected chi connectivity index (χ3v) is 5.08. The lowest BCUT2D eigenvalue weighted by molar-refractivity contribution is 0.0694. The van der Waals surface area contributed by atoms with Crippen molar-refractivity contribution in [2.24, 2.45) is 5.92 Å². The quantitative estimate of drug-likeness (QED) is 0.753. The largest absolute Gasteiger partial charge is 0.478 e. The van der Waals surface area contributed by atoms with Crippen molar-refractivity contribution < 1.29 is 14.6 Å². The van der Waals surface area contributed by atoms with Crippen molar-refractivity contribution in [1.29, 1.82) is 0 Å². The molecule has 0 unspecified atom stereocenters. The minimum Gasteiger partial charge on any atom is -0.478 e. The Labute approximate surface area is 158 Å². The van der Waals surface area contributed by atoms with Crippen LogP contribution in [-0.2, 0) is 17.7 Å². The van der Waals surface area contributed by atoms with Gasteiger partial charge in [-0.05, 0) is 30.2 Å². The van der Waals surface area contributed by atoms with Crippen LogP contribution in [-0.4, -0.2) is 51.7 Å².